The predicted octanol–water partition coefficient (Wildman–Crippen LogP) is 3.68. The van der Waals surface area contributed by atoms with Gasteiger partial charge in [0.2, 0.25) is 0 Å². The van der Waals surface area contributed by atoms with Gasteiger partial charge >= 0.3 is 0 Å². The first kappa shape index (κ1) is 16.2. The van der Waals surface area contributed by atoms with Gasteiger partial charge in [0.25, 0.3) is 0 Å². The molecule has 2 unspecified atom stereocenters. The fraction of sp³-hybridized carbons (Fsp3) is 0.625. The van der Waals surface area contributed by atoms with Crippen LogP contribution in [0.15, 0.2) is 18.5 Å². The monoisotopic (exact) mass is 306 g/mol. The van der Waals surface area contributed by atoms with Crippen molar-refractivity contribution in [1.29, 1.82) is 0 Å². The van der Waals surface area contributed by atoms with Crippen molar-refractivity contribution in [3.05, 3.63) is 34.0 Å². The Balaban J connectivity index is 2.03. The van der Waals surface area contributed by atoms with Gasteiger partial charge < -0.3 is 5.32 Å². The van der Waals surface area contributed by atoms with Gasteiger partial charge in [-0.3, -0.25) is 4.68 Å². The topological polar surface area (TPSA) is 42.7 Å². The van der Waals surface area contributed by atoms with Crippen molar-refractivity contribution in [2.45, 2.75) is 65.6 Å². The highest BCUT2D eigenvalue weighted by Gasteiger charge is 2.22. The smallest absolute Gasteiger partial charge is 0.0985 e. The molecule has 0 aliphatic carbocycles. The van der Waals surface area contributed by atoms with E-state index in [1.165, 1.54) is 9.88 Å². The Bertz CT molecular complexity index is 566. The Kier molecular flexibility index (Phi) is 4.84. The van der Waals surface area contributed by atoms with E-state index in [1.807, 2.05) is 34.5 Å². The Hall–Kier alpha value is -1.20. The summed E-state index contributed by atoms with van der Waals surface area (Å²) in [5.41, 5.74) is 1.27. The molecule has 0 fully saturated rings. The molecule has 0 aliphatic rings. The number of hydrogen-bond donors (Lipinski definition) is 1. The Morgan fingerprint density at radius 2 is 2.05 bits per heavy atom. The molecule has 1 N–H and O–H groups in total. The first-order valence-electron chi connectivity index (χ1n) is 7.48. The lowest BCUT2D eigenvalue weighted by molar-refractivity contribution is 0.415. The van der Waals surface area contributed by atoms with Crippen molar-refractivity contribution in [2.75, 3.05) is 0 Å². The molecular formula is C16H26N4S. The van der Waals surface area contributed by atoms with Crippen molar-refractivity contribution < 1.29 is 0 Å². The van der Waals surface area contributed by atoms with Gasteiger partial charge in [-0.05, 0) is 26.8 Å². The zero-order chi connectivity index (χ0) is 15.6. The average Bonchev–Trinajstić information content (AvgIpc) is 2.97. The third-order valence-electron chi connectivity index (χ3n) is 3.42. The maximum atomic E-state index is 4.75. The van der Waals surface area contributed by atoms with Crippen molar-refractivity contribution in [3.63, 3.8) is 0 Å². The minimum absolute atomic E-state index is 0.119. The van der Waals surface area contributed by atoms with E-state index in [1.54, 1.807) is 0 Å². The molecular weight excluding hydrogens is 280 g/mol. The average molecular weight is 306 g/mol. The first-order valence-corrected chi connectivity index (χ1v) is 8.30. The van der Waals surface area contributed by atoms with E-state index in [2.05, 4.69) is 52.0 Å². The number of nitrogens with zero attached hydrogens (tertiary/aromatic N) is 3. The number of hydrogen-bond acceptors (Lipinski definition) is 4. The molecule has 0 bridgehead atoms. The van der Waals surface area contributed by atoms with Crippen LogP contribution in [0.3, 0.4) is 0 Å². The van der Waals surface area contributed by atoms with Crippen LogP contribution in [0.2, 0.25) is 0 Å². The van der Waals surface area contributed by atoms with E-state index in [4.69, 9.17) is 4.98 Å². The summed E-state index contributed by atoms with van der Waals surface area (Å²) in [7, 11) is 0. The SMILES string of the molecule is Cc1nc(C(C)(C)C)sc1C(C)NC(C)Cn1cccn1. The molecule has 0 aromatic carbocycles. The summed E-state index contributed by atoms with van der Waals surface area (Å²) in [5.74, 6) is 0. The van der Waals surface area contributed by atoms with Crippen LogP contribution in [0.1, 0.15) is 56.2 Å². The van der Waals surface area contributed by atoms with Gasteiger partial charge in [-0.15, -0.1) is 11.3 Å². The van der Waals surface area contributed by atoms with Crippen LogP contribution < -0.4 is 5.32 Å². The van der Waals surface area contributed by atoms with E-state index in [0.717, 1.165) is 12.2 Å². The number of nitrogens with one attached hydrogen (secondary N) is 1. The summed E-state index contributed by atoms with van der Waals surface area (Å²) in [6.45, 7) is 14.0. The third-order valence-corrected chi connectivity index (χ3v) is 5.19. The highest BCUT2D eigenvalue weighted by atomic mass is 32.1. The van der Waals surface area contributed by atoms with Crippen LogP contribution in [-0.2, 0) is 12.0 Å². The summed E-state index contributed by atoms with van der Waals surface area (Å²) in [6, 6.07) is 2.63. The van der Waals surface area contributed by atoms with Gasteiger partial charge in [0.05, 0.1) is 17.2 Å². The fourth-order valence-electron chi connectivity index (χ4n) is 2.37. The van der Waals surface area contributed by atoms with Crippen molar-refractivity contribution in [2.24, 2.45) is 0 Å². The lowest BCUT2D eigenvalue weighted by Gasteiger charge is -2.19. The lowest BCUT2D eigenvalue weighted by atomic mass is 9.98. The molecule has 2 aromatic rings. The Morgan fingerprint density at radius 3 is 2.57 bits per heavy atom. The van der Waals surface area contributed by atoms with E-state index in [0.29, 0.717) is 12.1 Å². The predicted molar refractivity (Wildman–Crippen MR) is 88.8 cm³/mol. The standard InChI is InChI=1S/C16H26N4S/c1-11(10-20-9-7-8-17-20)18-12(2)14-13(3)19-15(21-14)16(4,5)6/h7-9,11-12,18H,10H2,1-6H3. The Labute approximate surface area is 131 Å². The normalized spacial score (nSPS) is 15.1. The molecule has 0 saturated heterocycles. The van der Waals surface area contributed by atoms with Gasteiger partial charge in [-0.2, -0.15) is 5.10 Å². The minimum Gasteiger partial charge on any atom is -0.305 e. The molecule has 0 spiro atoms. The molecule has 0 amide bonds. The van der Waals surface area contributed by atoms with Crippen molar-refractivity contribution >= 4 is 11.3 Å². The molecule has 2 rings (SSSR count). The maximum Gasteiger partial charge on any atom is 0.0985 e. The van der Waals surface area contributed by atoms with E-state index < -0.39 is 0 Å². The van der Waals surface area contributed by atoms with Gasteiger partial charge in [0.15, 0.2) is 0 Å². The van der Waals surface area contributed by atoms with Crippen LogP contribution in [-0.4, -0.2) is 20.8 Å². The van der Waals surface area contributed by atoms with Crippen molar-refractivity contribution in [3.8, 4) is 0 Å². The van der Waals surface area contributed by atoms with Crippen LogP contribution in [0, 0.1) is 6.92 Å². The van der Waals surface area contributed by atoms with Gasteiger partial charge in [0.1, 0.15) is 0 Å². The largest absolute Gasteiger partial charge is 0.305 e. The summed E-state index contributed by atoms with van der Waals surface area (Å²) in [4.78, 5) is 6.09. The Morgan fingerprint density at radius 1 is 1.33 bits per heavy atom. The molecule has 2 aromatic heterocycles. The number of rotatable bonds is 5. The molecule has 4 nitrogen and oxygen atoms in total. The molecule has 21 heavy (non-hydrogen) atoms. The third kappa shape index (κ3) is 4.14. The van der Waals surface area contributed by atoms with E-state index in [9.17, 15) is 0 Å². The van der Waals surface area contributed by atoms with Gasteiger partial charge in [0, 0.05) is 34.8 Å². The van der Waals surface area contributed by atoms with Gasteiger partial charge in [-0.25, -0.2) is 4.98 Å². The molecule has 2 heterocycles. The zero-order valence-electron chi connectivity index (χ0n) is 13.8. The summed E-state index contributed by atoms with van der Waals surface area (Å²) in [6.07, 6.45) is 3.82. The van der Waals surface area contributed by atoms with E-state index in [-0.39, 0.29) is 5.41 Å². The maximum absolute atomic E-state index is 4.75. The van der Waals surface area contributed by atoms with Gasteiger partial charge in [-0.1, -0.05) is 20.8 Å². The number of aromatic nitrogens is 3. The van der Waals surface area contributed by atoms with Crippen LogP contribution in [0.5, 0.6) is 0 Å². The highest BCUT2D eigenvalue weighted by Crippen LogP contribution is 2.32. The number of thiazole rings is 1. The quantitative estimate of drug-likeness (QED) is 0.916. The van der Waals surface area contributed by atoms with E-state index >= 15 is 0 Å². The summed E-state index contributed by atoms with van der Waals surface area (Å²) >= 11 is 1.83. The molecule has 0 saturated carbocycles. The lowest BCUT2D eigenvalue weighted by Crippen LogP contribution is -2.32. The fourth-order valence-corrected chi connectivity index (χ4v) is 3.51. The highest BCUT2D eigenvalue weighted by molar-refractivity contribution is 7.12. The molecule has 5 heteroatoms. The summed E-state index contributed by atoms with van der Waals surface area (Å²) in [5, 5.41) is 9.12. The molecule has 0 radical (unpaired) electrons. The zero-order valence-corrected chi connectivity index (χ0v) is 14.7. The van der Waals surface area contributed by atoms with Crippen LogP contribution >= 0.6 is 11.3 Å². The first-order chi connectivity index (χ1) is 9.77. The van der Waals surface area contributed by atoms with Crippen LogP contribution in [0.4, 0.5) is 0 Å². The minimum atomic E-state index is 0.119. The molecule has 2 atom stereocenters. The molecule has 0 aliphatic heterocycles. The molecule has 116 valence electrons. The van der Waals surface area contributed by atoms with Crippen molar-refractivity contribution in [1.82, 2.24) is 20.1 Å². The second-order valence-corrected chi connectivity index (χ2v) is 7.77. The second kappa shape index (κ2) is 6.28. The van der Waals surface area contributed by atoms with Crippen LogP contribution in [0.25, 0.3) is 0 Å². The number of aryl methyl sites for hydroxylation is 1. The summed E-state index contributed by atoms with van der Waals surface area (Å²) < 4.78 is 1.96. The second-order valence-electron chi connectivity index (χ2n) is 6.74.